The van der Waals surface area contributed by atoms with Crippen LogP contribution in [0.25, 0.3) is 0 Å². The summed E-state index contributed by atoms with van der Waals surface area (Å²) in [6.07, 6.45) is 3.26. The molecule has 0 aromatic heterocycles. The molecule has 0 heterocycles. The summed E-state index contributed by atoms with van der Waals surface area (Å²) in [6.45, 7) is 4.47. The fourth-order valence-electron chi connectivity index (χ4n) is 1.71. The van der Waals surface area contributed by atoms with E-state index in [0.29, 0.717) is 0 Å². The Balaban J connectivity index is 2.40. The number of ether oxygens (including phenoxy) is 1. The Morgan fingerprint density at radius 2 is 1.75 bits per heavy atom. The van der Waals surface area contributed by atoms with Crippen LogP contribution in [0.5, 0.6) is 5.75 Å². The van der Waals surface area contributed by atoms with Crippen molar-refractivity contribution in [2.24, 2.45) is 11.7 Å². The van der Waals surface area contributed by atoms with E-state index in [9.17, 15) is 0 Å². The molecule has 0 radical (unpaired) electrons. The molecule has 0 bridgehead atoms. The van der Waals surface area contributed by atoms with E-state index >= 15 is 0 Å². The minimum absolute atomic E-state index is 0.274. The number of methoxy groups -OCH3 is 1. The van der Waals surface area contributed by atoms with Crippen LogP contribution in [-0.2, 0) is 6.42 Å². The molecule has 1 aromatic carbocycles. The maximum absolute atomic E-state index is 6.09. The van der Waals surface area contributed by atoms with Gasteiger partial charge in [-0.25, -0.2) is 0 Å². The summed E-state index contributed by atoms with van der Waals surface area (Å²) in [5.74, 6) is 1.64. The van der Waals surface area contributed by atoms with E-state index in [2.05, 4.69) is 26.0 Å². The second kappa shape index (κ2) is 6.54. The van der Waals surface area contributed by atoms with Crippen LogP contribution >= 0.6 is 0 Å². The fourth-order valence-corrected chi connectivity index (χ4v) is 1.71. The molecular weight excluding hydrogens is 198 g/mol. The molecule has 0 amide bonds. The molecule has 1 atom stereocenters. The van der Waals surface area contributed by atoms with E-state index in [1.807, 2.05) is 12.1 Å². The van der Waals surface area contributed by atoms with Gasteiger partial charge in [-0.2, -0.15) is 0 Å². The molecule has 0 saturated heterocycles. The molecule has 90 valence electrons. The Hall–Kier alpha value is -1.02. The van der Waals surface area contributed by atoms with Crippen molar-refractivity contribution in [3.8, 4) is 5.75 Å². The van der Waals surface area contributed by atoms with Gasteiger partial charge in [0, 0.05) is 6.04 Å². The van der Waals surface area contributed by atoms with Gasteiger partial charge in [-0.3, -0.25) is 0 Å². The zero-order valence-corrected chi connectivity index (χ0v) is 10.6. The van der Waals surface area contributed by atoms with E-state index in [1.165, 1.54) is 12.0 Å². The zero-order chi connectivity index (χ0) is 12.0. The van der Waals surface area contributed by atoms with Crippen molar-refractivity contribution in [3.63, 3.8) is 0 Å². The SMILES string of the molecule is COc1ccc(CC(N)CCC(C)C)cc1. The third-order valence-corrected chi connectivity index (χ3v) is 2.77. The summed E-state index contributed by atoms with van der Waals surface area (Å²) in [6, 6.07) is 8.44. The van der Waals surface area contributed by atoms with Crippen LogP contribution in [0.4, 0.5) is 0 Å². The second-order valence-corrected chi connectivity index (χ2v) is 4.78. The average molecular weight is 221 g/mol. The first-order valence-electron chi connectivity index (χ1n) is 6.00. The van der Waals surface area contributed by atoms with Crippen molar-refractivity contribution in [2.75, 3.05) is 7.11 Å². The first-order valence-corrected chi connectivity index (χ1v) is 6.00. The van der Waals surface area contributed by atoms with Gasteiger partial charge in [0.05, 0.1) is 7.11 Å². The van der Waals surface area contributed by atoms with E-state index in [0.717, 1.165) is 24.5 Å². The minimum atomic E-state index is 0.274. The molecule has 2 nitrogen and oxygen atoms in total. The van der Waals surface area contributed by atoms with Crippen molar-refractivity contribution in [3.05, 3.63) is 29.8 Å². The van der Waals surface area contributed by atoms with Gasteiger partial charge in [-0.15, -0.1) is 0 Å². The molecule has 1 aromatic rings. The largest absolute Gasteiger partial charge is 0.497 e. The van der Waals surface area contributed by atoms with Crippen LogP contribution in [-0.4, -0.2) is 13.2 Å². The highest BCUT2D eigenvalue weighted by atomic mass is 16.5. The van der Waals surface area contributed by atoms with Gasteiger partial charge in [0.2, 0.25) is 0 Å². The monoisotopic (exact) mass is 221 g/mol. The minimum Gasteiger partial charge on any atom is -0.497 e. The predicted molar refractivity (Wildman–Crippen MR) is 68.7 cm³/mol. The van der Waals surface area contributed by atoms with Gasteiger partial charge < -0.3 is 10.5 Å². The van der Waals surface area contributed by atoms with E-state index in [1.54, 1.807) is 7.11 Å². The third kappa shape index (κ3) is 4.67. The Morgan fingerprint density at radius 3 is 2.25 bits per heavy atom. The van der Waals surface area contributed by atoms with Crippen LogP contribution in [0.15, 0.2) is 24.3 Å². The van der Waals surface area contributed by atoms with Crippen LogP contribution in [0.2, 0.25) is 0 Å². The Labute approximate surface area is 98.8 Å². The van der Waals surface area contributed by atoms with E-state index in [-0.39, 0.29) is 6.04 Å². The molecule has 0 saturated carbocycles. The maximum atomic E-state index is 6.09. The van der Waals surface area contributed by atoms with Crippen LogP contribution < -0.4 is 10.5 Å². The van der Waals surface area contributed by atoms with Crippen LogP contribution in [0.1, 0.15) is 32.3 Å². The molecular formula is C14H23NO. The summed E-state index contributed by atoms with van der Waals surface area (Å²) in [7, 11) is 1.68. The molecule has 2 N–H and O–H groups in total. The lowest BCUT2D eigenvalue weighted by molar-refractivity contribution is 0.414. The molecule has 1 unspecified atom stereocenters. The smallest absolute Gasteiger partial charge is 0.118 e. The first kappa shape index (κ1) is 13.0. The topological polar surface area (TPSA) is 35.2 Å². The zero-order valence-electron chi connectivity index (χ0n) is 10.6. The number of hydrogen-bond donors (Lipinski definition) is 1. The molecule has 0 aliphatic carbocycles. The first-order chi connectivity index (χ1) is 7.61. The third-order valence-electron chi connectivity index (χ3n) is 2.77. The molecule has 0 aliphatic heterocycles. The molecule has 0 aliphatic rings. The lowest BCUT2D eigenvalue weighted by Gasteiger charge is -2.13. The summed E-state index contributed by atoms with van der Waals surface area (Å²) in [4.78, 5) is 0. The summed E-state index contributed by atoms with van der Waals surface area (Å²) >= 11 is 0. The molecule has 1 rings (SSSR count). The van der Waals surface area contributed by atoms with Crippen molar-refractivity contribution < 1.29 is 4.74 Å². The lowest BCUT2D eigenvalue weighted by Crippen LogP contribution is -2.23. The van der Waals surface area contributed by atoms with Crippen molar-refractivity contribution in [1.82, 2.24) is 0 Å². The molecule has 0 spiro atoms. The summed E-state index contributed by atoms with van der Waals surface area (Å²) in [5.41, 5.74) is 7.38. The molecule has 16 heavy (non-hydrogen) atoms. The predicted octanol–water partition coefficient (Wildman–Crippen LogP) is 3.00. The fraction of sp³-hybridized carbons (Fsp3) is 0.571. The highest BCUT2D eigenvalue weighted by molar-refractivity contribution is 5.27. The highest BCUT2D eigenvalue weighted by Crippen LogP contribution is 2.14. The van der Waals surface area contributed by atoms with Crippen molar-refractivity contribution >= 4 is 0 Å². The summed E-state index contributed by atoms with van der Waals surface area (Å²) < 4.78 is 5.12. The van der Waals surface area contributed by atoms with E-state index in [4.69, 9.17) is 10.5 Å². The van der Waals surface area contributed by atoms with Gasteiger partial charge >= 0.3 is 0 Å². The van der Waals surface area contributed by atoms with E-state index < -0.39 is 0 Å². The number of nitrogens with two attached hydrogens (primary N) is 1. The Morgan fingerprint density at radius 1 is 1.12 bits per heavy atom. The number of benzene rings is 1. The number of rotatable bonds is 6. The van der Waals surface area contributed by atoms with Gasteiger partial charge in [0.15, 0.2) is 0 Å². The molecule has 0 fully saturated rings. The Kier molecular flexibility index (Phi) is 5.33. The van der Waals surface area contributed by atoms with Gasteiger partial charge in [-0.05, 0) is 42.9 Å². The van der Waals surface area contributed by atoms with Gasteiger partial charge in [0.1, 0.15) is 5.75 Å². The van der Waals surface area contributed by atoms with Gasteiger partial charge in [-0.1, -0.05) is 26.0 Å². The number of hydrogen-bond acceptors (Lipinski definition) is 2. The van der Waals surface area contributed by atoms with Crippen LogP contribution in [0, 0.1) is 5.92 Å². The quantitative estimate of drug-likeness (QED) is 0.801. The lowest BCUT2D eigenvalue weighted by atomic mass is 9.98. The van der Waals surface area contributed by atoms with Gasteiger partial charge in [0.25, 0.3) is 0 Å². The second-order valence-electron chi connectivity index (χ2n) is 4.78. The normalized spacial score (nSPS) is 12.8. The van der Waals surface area contributed by atoms with Crippen LogP contribution in [0.3, 0.4) is 0 Å². The average Bonchev–Trinajstić information content (AvgIpc) is 2.27. The van der Waals surface area contributed by atoms with Crippen molar-refractivity contribution in [1.29, 1.82) is 0 Å². The standard InChI is InChI=1S/C14H23NO/c1-11(2)4-7-13(15)10-12-5-8-14(16-3)9-6-12/h5-6,8-9,11,13H,4,7,10,15H2,1-3H3. The Bertz CT molecular complexity index is 292. The molecule has 2 heteroatoms. The highest BCUT2D eigenvalue weighted by Gasteiger charge is 2.05. The summed E-state index contributed by atoms with van der Waals surface area (Å²) in [5, 5.41) is 0. The maximum Gasteiger partial charge on any atom is 0.118 e. The van der Waals surface area contributed by atoms with Crippen molar-refractivity contribution in [2.45, 2.75) is 39.2 Å².